The molecule has 5 nitrogen and oxygen atoms in total. The Morgan fingerprint density at radius 1 is 0.396 bits per heavy atom. The van der Waals surface area contributed by atoms with Crippen LogP contribution < -0.4 is 0 Å². The van der Waals surface area contributed by atoms with Crippen LogP contribution in [-0.2, 0) is 5.41 Å². The van der Waals surface area contributed by atoms with Crippen molar-refractivity contribution in [1.29, 1.82) is 0 Å². The first-order valence-corrected chi connectivity index (χ1v) is 17.9. The molecule has 3 heterocycles. The van der Waals surface area contributed by atoms with E-state index in [1.807, 2.05) is 66.7 Å². The van der Waals surface area contributed by atoms with E-state index in [9.17, 15) is 0 Å². The zero-order chi connectivity index (χ0) is 35.3. The molecule has 7 aromatic carbocycles. The Hall–Kier alpha value is -6.85. The quantitative estimate of drug-likeness (QED) is 0.185. The van der Waals surface area contributed by atoms with Crippen LogP contribution in [0.1, 0.15) is 25.0 Å². The van der Waals surface area contributed by atoms with Crippen molar-refractivity contribution in [2.75, 3.05) is 0 Å². The van der Waals surface area contributed by atoms with Gasteiger partial charge in [-0.05, 0) is 64.2 Å². The molecule has 3 aromatic heterocycles. The normalized spacial score (nSPS) is 13.2. The van der Waals surface area contributed by atoms with Crippen molar-refractivity contribution in [2.24, 2.45) is 0 Å². The standard InChI is InChI=1S/C48H31N3O2/c1-48(2)39-27-30(22-23-32(39)35-24-25-37-34-17-7-9-21-41(34)53-44(37)42(35)48)29-14-10-15-31(26-29)46-49-45(28-12-4-3-5-13-28)50-47(51-46)38-19-11-18-36-33-16-6-8-20-40(33)52-43(36)38/h3-27H,1-2H3. The van der Waals surface area contributed by atoms with Crippen molar-refractivity contribution in [3.05, 3.63) is 163 Å². The fourth-order valence-electron chi connectivity index (χ4n) is 8.35. The fourth-order valence-corrected chi connectivity index (χ4v) is 8.35. The van der Waals surface area contributed by atoms with Crippen molar-refractivity contribution in [3.8, 4) is 56.4 Å². The summed E-state index contributed by atoms with van der Waals surface area (Å²) in [5, 5.41) is 4.42. The van der Waals surface area contributed by atoms with Crippen molar-refractivity contribution < 1.29 is 8.83 Å². The average molecular weight is 682 g/mol. The van der Waals surface area contributed by atoms with Gasteiger partial charge in [0, 0.05) is 43.7 Å². The molecule has 0 atom stereocenters. The average Bonchev–Trinajstić information content (AvgIpc) is 3.85. The monoisotopic (exact) mass is 681 g/mol. The predicted molar refractivity (Wildman–Crippen MR) is 214 cm³/mol. The van der Waals surface area contributed by atoms with Crippen molar-refractivity contribution >= 4 is 43.9 Å². The molecule has 0 aliphatic heterocycles. The van der Waals surface area contributed by atoms with Gasteiger partial charge in [0.1, 0.15) is 22.3 Å². The molecule has 0 bridgehead atoms. The number of rotatable bonds is 4. The van der Waals surface area contributed by atoms with E-state index in [1.54, 1.807) is 0 Å². The molecular weight excluding hydrogens is 651 g/mol. The van der Waals surface area contributed by atoms with E-state index in [0.29, 0.717) is 17.5 Å². The molecular formula is C48H31N3O2. The number of aromatic nitrogens is 3. The molecule has 11 rings (SSSR count). The van der Waals surface area contributed by atoms with Crippen LogP contribution in [-0.4, -0.2) is 15.0 Å². The van der Waals surface area contributed by atoms with Gasteiger partial charge in [-0.2, -0.15) is 0 Å². The van der Waals surface area contributed by atoms with Gasteiger partial charge in [-0.3, -0.25) is 0 Å². The third kappa shape index (κ3) is 4.47. The lowest BCUT2D eigenvalue weighted by Gasteiger charge is -2.22. The Balaban J connectivity index is 1.04. The minimum atomic E-state index is -0.253. The summed E-state index contributed by atoms with van der Waals surface area (Å²) >= 11 is 0. The second kappa shape index (κ2) is 11.1. The second-order valence-electron chi connectivity index (χ2n) is 14.4. The lowest BCUT2D eigenvalue weighted by Crippen LogP contribution is -2.15. The minimum absolute atomic E-state index is 0.253. The molecule has 5 heteroatoms. The summed E-state index contributed by atoms with van der Waals surface area (Å²) in [6, 6.07) is 52.5. The molecule has 0 saturated heterocycles. The zero-order valence-electron chi connectivity index (χ0n) is 29.1. The number of hydrogen-bond donors (Lipinski definition) is 0. The van der Waals surface area contributed by atoms with Crippen molar-refractivity contribution in [3.63, 3.8) is 0 Å². The highest BCUT2D eigenvalue weighted by Gasteiger charge is 2.38. The van der Waals surface area contributed by atoms with Crippen LogP contribution in [0, 0.1) is 0 Å². The van der Waals surface area contributed by atoms with Crippen LogP contribution in [0.25, 0.3) is 100 Å². The van der Waals surface area contributed by atoms with Gasteiger partial charge < -0.3 is 8.83 Å². The van der Waals surface area contributed by atoms with E-state index in [0.717, 1.165) is 71.7 Å². The Morgan fingerprint density at radius 2 is 0.962 bits per heavy atom. The second-order valence-corrected chi connectivity index (χ2v) is 14.4. The zero-order valence-corrected chi connectivity index (χ0v) is 29.1. The van der Waals surface area contributed by atoms with E-state index >= 15 is 0 Å². The minimum Gasteiger partial charge on any atom is -0.456 e. The summed E-state index contributed by atoms with van der Waals surface area (Å²) in [5.74, 6) is 1.78. The molecule has 0 spiro atoms. The van der Waals surface area contributed by atoms with Gasteiger partial charge in [-0.15, -0.1) is 0 Å². The molecule has 0 saturated carbocycles. The molecule has 0 fully saturated rings. The summed E-state index contributed by atoms with van der Waals surface area (Å²) in [6.07, 6.45) is 0. The lowest BCUT2D eigenvalue weighted by atomic mass is 9.81. The predicted octanol–water partition coefficient (Wildman–Crippen LogP) is 12.6. The number of para-hydroxylation sites is 3. The molecule has 1 aliphatic carbocycles. The lowest BCUT2D eigenvalue weighted by molar-refractivity contribution is 0.620. The maximum Gasteiger partial charge on any atom is 0.167 e. The number of fused-ring (bicyclic) bond motifs is 10. The smallest absolute Gasteiger partial charge is 0.167 e. The van der Waals surface area contributed by atoms with E-state index in [4.69, 9.17) is 23.8 Å². The fraction of sp³-hybridized carbons (Fsp3) is 0.0625. The highest BCUT2D eigenvalue weighted by Crippen LogP contribution is 2.53. The van der Waals surface area contributed by atoms with E-state index in [1.165, 1.54) is 22.3 Å². The van der Waals surface area contributed by atoms with E-state index in [-0.39, 0.29) is 5.41 Å². The number of furan rings is 2. The van der Waals surface area contributed by atoms with Crippen LogP contribution >= 0.6 is 0 Å². The first-order chi connectivity index (χ1) is 26.0. The first kappa shape index (κ1) is 29.8. The van der Waals surface area contributed by atoms with Crippen LogP contribution in [0.5, 0.6) is 0 Å². The molecule has 1 aliphatic rings. The highest BCUT2D eigenvalue weighted by atomic mass is 16.3. The summed E-state index contributed by atoms with van der Waals surface area (Å²) in [4.78, 5) is 15.2. The van der Waals surface area contributed by atoms with Crippen LogP contribution in [0.3, 0.4) is 0 Å². The van der Waals surface area contributed by atoms with Gasteiger partial charge in [-0.25, -0.2) is 15.0 Å². The Labute approximate surface area is 305 Å². The van der Waals surface area contributed by atoms with Crippen molar-refractivity contribution in [1.82, 2.24) is 15.0 Å². The Morgan fingerprint density at radius 3 is 1.75 bits per heavy atom. The molecule has 10 aromatic rings. The summed E-state index contributed by atoms with van der Waals surface area (Å²) in [6.45, 7) is 4.62. The van der Waals surface area contributed by atoms with Gasteiger partial charge in [0.25, 0.3) is 0 Å². The van der Waals surface area contributed by atoms with Gasteiger partial charge in [0.05, 0.1) is 5.56 Å². The third-order valence-electron chi connectivity index (χ3n) is 10.9. The SMILES string of the molecule is CC1(C)c2cc(-c3cccc(-c4nc(-c5ccccc5)nc(-c5cccc6c5oc5ccccc56)n4)c3)ccc2-c2ccc3c(oc4ccccc43)c21. The summed E-state index contributed by atoms with van der Waals surface area (Å²) < 4.78 is 13.0. The Kier molecular flexibility index (Phi) is 6.23. The molecule has 0 radical (unpaired) electrons. The largest absolute Gasteiger partial charge is 0.456 e. The van der Waals surface area contributed by atoms with Gasteiger partial charge >= 0.3 is 0 Å². The number of nitrogens with zero attached hydrogens (tertiary/aromatic N) is 3. The summed E-state index contributed by atoms with van der Waals surface area (Å²) in [5.41, 5.74) is 13.2. The summed E-state index contributed by atoms with van der Waals surface area (Å²) in [7, 11) is 0. The number of hydrogen-bond acceptors (Lipinski definition) is 5. The molecule has 53 heavy (non-hydrogen) atoms. The molecule has 250 valence electrons. The van der Waals surface area contributed by atoms with Crippen LogP contribution in [0.2, 0.25) is 0 Å². The molecule has 0 amide bonds. The van der Waals surface area contributed by atoms with E-state index in [2.05, 4.69) is 98.8 Å². The number of benzene rings is 7. The maximum absolute atomic E-state index is 6.54. The Bertz CT molecular complexity index is 3100. The van der Waals surface area contributed by atoms with E-state index < -0.39 is 0 Å². The highest BCUT2D eigenvalue weighted by molar-refractivity contribution is 6.10. The van der Waals surface area contributed by atoms with Gasteiger partial charge in [0.2, 0.25) is 0 Å². The third-order valence-corrected chi connectivity index (χ3v) is 10.9. The van der Waals surface area contributed by atoms with Crippen LogP contribution in [0.4, 0.5) is 0 Å². The van der Waals surface area contributed by atoms with Crippen molar-refractivity contribution in [2.45, 2.75) is 19.3 Å². The molecule has 0 N–H and O–H groups in total. The van der Waals surface area contributed by atoms with Gasteiger partial charge in [-0.1, -0.05) is 129 Å². The topological polar surface area (TPSA) is 65.0 Å². The maximum atomic E-state index is 6.54. The van der Waals surface area contributed by atoms with Gasteiger partial charge in [0.15, 0.2) is 17.5 Å². The van der Waals surface area contributed by atoms with Crippen LogP contribution in [0.15, 0.2) is 160 Å². The molecule has 0 unspecified atom stereocenters. The first-order valence-electron chi connectivity index (χ1n) is 17.9.